The molecule has 0 saturated carbocycles. The van der Waals surface area contributed by atoms with E-state index in [-0.39, 0.29) is 16.9 Å². The molecule has 1 aromatic carbocycles. The van der Waals surface area contributed by atoms with Crippen molar-refractivity contribution in [3.8, 4) is 17.1 Å². The third-order valence-corrected chi connectivity index (χ3v) is 4.74. The Morgan fingerprint density at radius 1 is 1.11 bits per heavy atom. The topological polar surface area (TPSA) is 84.0 Å². The molecular formula is C22H16NO5-. The molecule has 0 unspecified atom stereocenters. The predicted octanol–water partition coefficient (Wildman–Crippen LogP) is 3.11. The fourth-order valence-corrected chi connectivity index (χ4v) is 3.48. The number of fused-ring (bicyclic) bond motifs is 1. The molecule has 0 aliphatic carbocycles. The first-order chi connectivity index (χ1) is 13.5. The van der Waals surface area contributed by atoms with Crippen LogP contribution in [0.3, 0.4) is 0 Å². The van der Waals surface area contributed by atoms with Crippen LogP contribution < -0.4 is 9.84 Å². The van der Waals surface area contributed by atoms with E-state index in [1.54, 1.807) is 48.9 Å². The lowest BCUT2D eigenvalue weighted by Gasteiger charge is -2.11. The van der Waals surface area contributed by atoms with Gasteiger partial charge in [0.05, 0.1) is 24.9 Å². The maximum atomic E-state index is 13.3. The molecule has 0 N–H and O–H groups in total. The first kappa shape index (κ1) is 17.6. The zero-order valence-corrected chi connectivity index (χ0v) is 15.3. The Kier molecular flexibility index (Phi) is 4.24. The highest BCUT2D eigenvalue weighted by Gasteiger charge is 2.23. The average molecular weight is 374 g/mol. The molecule has 4 aromatic rings. The average Bonchev–Trinajstić information content (AvgIpc) is 3.32. The number of aromatic carboxylic acids is 1. The molecular weight excluding hydrogens is 358 g/mol. The second kappa shape index (κ2) is 6.74. The molecule has 28 heavy (non-hydrogen) atoms. The number of hydrogen-bond acceptors (Lipinski definition) is 5. The minimum Gasteiger partial charge on any atom is -0.545 e. The van der Waals surface area contributed by atoms with Crippen molar-refractivity contribution in [1.82, 2.24) is 4.40 Å². The van der Waals surface area contributed by atoms with Crippen LogP contribution in [-0.4, -0.2) is 23.3 Å². The number of furan rings is 1. The van der Waals surface area contributed by atoms with E-state index < -0.39 is 5.97 Å². The van der Waals surface area contributed by atoms with E-state index in [1.165, 1.54) is 12.3 Å². The summed E-state index contributed by atoms with van der Waals surface area (Å²) in [7, 11) is 1.55. The van der Waals surface area contributed by atoms with Crippen molar-refractivity contribution in [3.05, 3.63) is 83.4 Å². The van der Waals surface area contributed by atoms with E-state index >= 15 is 0 Å². The van der Waals surface area contributed by atoms with Crippen molar-refractivity contribution in [2.24, 2.45) is 0 Å². The van der Waals surface area contributed by atoms with Crippen LogP contribution in [0.1, 0.15) is 32.0 Å². The number of ether oxygens (including phenoxy) is 1. The van der Waals surface area contributed by atoms with Gasteiger partial charge in [0, 0.05) is 28.5 Å². The number of nitrogens with zero attached hydrogens (tertiary/aromatic N) is 1. The molecule has 3 heterocycles. The van der Waals surface area contributed by atoms with Crippen LogP contribution in [0.25, 0.3) is 16.8 Å². The zero-order valence-electron chi connectivity index (χ0n) is 15.3. The third kappa shape index (κ3) is 2.66. The van der Waals surface area contributed by atoms with Gasteiger partial charge in [0.15, 0.2) is 0 Å². The summed E-state index contributed by atoms with van der Waals surface area (Å²) in [5.41, 5.74) is 2.36. The number of carbonyl (C=O) groups is 2. The molecule has 6 heteroatoms. The van der Waals surface area contributed by atoms with E-state index in [2.05, 4.69) is 0 Å². The number of carboxylic acids is 1. The first-order valence-electron chi connectivity index (χ1n) is 8.60. The summed E-state index contributed by atoms with van der Waals surface area (Å²) in [6.07, 6.45) is 3.23. The summed E-state index contributed by atoms with van der Waals surface area (Å²) in [4.78, 5) is 24.9. The van der Waals surface area contributed by atoms with E-state index in [9.17, 15) is 14.7 Å². The summed E-state index contributed by atoms with van der Waals surface area (Å²) in [6, 6.07) is 13.3. The van der Waals surface area contributed by atoms with Crippen LogP contribution in [0, 0.1) is 6.92 Å². The van der Waals surface area contributed by atoms with E-state index in [4.69, 9.17) is 9.15 Å². The van der Waals surface area contributed by atoms with Gasteiger partial charge in [-0.3, -0.25) is 4.79 Å². The summed E-state index contributed by atoms with van der Waals surface area (Å²) >= 11 is 0. The molecule has 0 radical (unpaired) electrons. The zero-order chi connectivity index (χ0) is 19.8. The fourth-order valence-electron chi connectivity index (χ4n) is 3.48. The van der Waals surface area contributed by atoms with Crippen LogP contribution >= 0.6 is 0 Å². The molecule has 0 atom stereocenters. The number of methoxy groups -OCH3 is 1. The first-order valence-corrected chi connectivity index (χ1v) is 8.60. The SMILES string of the molecule is COc1c(C)c(C(=O)c2ccc(-c3ccco3)c(C(=O)[O-])c2)n2ccccc12. The van der Waals surface area contributed by atoms with Gasteiger partial charge in [0.25, 0.3) is 0 Å². The van der Waals surface area contributed by atoms with E-state index in [0.717, 1.165) is 5.52 Å². The van der Waals surface area contributed by atoms with Crippen molar-refractivity contribution in [2.45, 2.75) is 6.92 Å². The second-order valence-electron chi connectivity index (χ2n) is 6.32. The Bertz CT molecular complexity index is 1200. The molecule has 140 valence electrons. The Balaban J connectivity index is 1.88. The maximum absolute atomic E-state index is 13.3. The molecule has 0 aliphatic rings. The van der Waals surface area contributed by atoms with Crippen LogP contribution in [-0.2, 0) is 0 Å². The Labute approximate surface area is 160 Å². The number of ketones is 1. The molecule has 0 fully saturated rings. The maximum Gasteiger partial charge on any atom is 0.210 e. The molecule has 0 saturated heterocycles. The monoisotopic (exact) mass is 374 g/mol. The van der Waals surface area contributed by atoms with Gasteiger partial charge in [-0.2, -0.15) is 0 Å². The normalized spacial score (nSPS) is 10.9. The Hall–Kier alpha value is -3.80. The number of carbonyl (C=O) groups excluding carboxylic acids is 2. The quantitative estimate of drug-likeness (QED) is 0.501. The molecule has 0 spiro atoms. The van der Waals surface area contributed by atoms with Crippen LogP contribution in [0.4, 0.5) is 0 Å². The van der Waals surface area contributed by atoms with Gasteiger partial charge < -0.3 is 23.5 Å². The number of carboxylic acid groups (broad SMARTS) is 1. The second-order valence-corrected chi connectivity index (χ2v) is 6.32. The Morgan fingerprint density at radius 2 is 1.93 bits per heavy atom. The molecule has 4 rings (SSSR count). The van der Waals surface area contributed by atoms with Crippen molar-refractivity contribution < 1.29 is 23.8 Å². The van der Waals surface area contributed by atoms with Crippen LogP contribution in [0.2, 0.25) is 0 Å². The highest BCUT2D eigenvalue weighted by Crippen LogP contribution is 2.32. The minimum absolute atomic E-state index is 0.105. The molecule has 3 aromatic heterocycles. The van der Waals surface area contributed by atoms with Crippen molar-refractivity contribution in [3.63, 3.8) is 0 Å². The molecule has 0 amide bonds. The lowest BCUT2D eigenvalue weighted by molar-refractivity contribution is -0.254. The van der Waals surface area contributed by atoms with Crippen molar-refractivity contribution in [2.75, 3.05) is 7.11 Å². The lowest BCUT2D eigenvalue weighted by atomic mass is 9.98. The summed E-state index contributed by atoms with van der Waals surface area (Å²) in [5.74, 6) is -0.689. The standard InChI is InChI=1S/C22H17NO5/c1-13-19(23-10-4-3-6-17(23)21(13)27-2)20(24)14-8-9-15(16(12-14)22(25)26)18-7-5-11-28-18/h3-12H,1-2H3,(H,25,26)/p-1. The summed E-state index contributed by atoms with van der Waals surface area (Å²) in [5, 5.41) is 11.7. The molecule has 6 nitrogen and oxygen atoms in total. The third-order valence-electron chi connectivity index (χ3n) is 4.74. The van der Waals surface area contributed by atoms with E-state index in [0.29, 0.717) is 28.3 Å². The summed E-state index contributed by atoms with van der Waals surface area (Å²) in [6.45, 7) is 1.80. The lowest BCUT2D eigenvalue weighted by Crippen LogP contribution is -2.23. The van der Waals surface area contributed by atoms with Gasteiger partial charge in [-0.15, -0.1) is 0 Å². The number of aromatic nitrogens is 1. The minimum atomic E-state index is -1.38. The fraction of sp³-hybridized carbons (Fsp3) is 0.0909. The van der Waals surface area contributed by atoms with Gasteiger partial charge in [-0.25, -0.2) is 0 Å². The predicted molar refractivity (Wildman–Crippen MR) is 101 cm³/mol. The van der Waals surface area contributed by atoms with Crippen LogP contribution in [0.15, 0.2) is 65.4 Å². The smallest absolute Gasteiger partial charge is 0.210 e. The van der Waals surface area contributed by atoms with Crippen molar-refractivity contribution in [1.29, 1.82) is 0 Å². The number of rotatable bonds is 5. The number of hydrogen-bond donors (Lipinski definition) is 0. The van der Waals surface area contributed by atoms with Crippen LogP contribution in [0.5, 0.6) is 5.75 Å². The van der Waals surface area contributed by atoms with Gasteiger partial charge >= 0.3 is 0 Å². The number of benzene rings is 1. The number of pyridine rings is 1. The molecule has 0 bridgehead atoms. The van der Waals surface area contributed by atoms with Gasteiger partial charge in [-0.05, 0) is 43.3 Å². The van der Waals surface area contributed by atoms with E-state index in [1.807, 2.05) is 18.2 Å². The van der Waals surface area contributed by atoms with Crippen molar-refractivity contribution >= 4 is 17.3 Å². The van der Waals surface area contributed by atoms with Gasteiger partial charge in [0.1, 0.15) is 17.2 Å². The molecule has 0 aliphatic heterocycles. The largest absolute Gasteiger partial charge is 0.545 e. The van der Waals surface area contributed by atoms with Gasteiger partial charge in [0.2, 0.25) is 5.78 Å². The van der Waals surface area contributed by atoms with Gasteiger partial charge in [-0.1, -0.05) is 12.1 Å². The Morgan fingerprint density at radius 3 is 2.61 bits per heavy atom. The highest BCUT2D eigenvalue weighted by molar-refractivity contribution is 6.12. The highest BCUT2D eigenvalue weighted by atomic mass is 16.5. The summed E-state index contributed by atoms with van der Waals surface area (Å²) < 4.78 is 12.5.